The number of hydrogen-bond acceptors (Lipinski definition) is 1. The largest absolute Gasteiger partial charge is 0.280 e. The Kier molecular flexibility index (Phi) is 1.82. The standard InChI is InChI=1S/C6H9FN2/c1-2-3-6-5(7)4-8-9-6/h4H,2-3H2,1H3,(H,8,9). The third kappa shape index (κ3) is 1.28. The molecule has 0 unspecified atom stereocenters. The zero-order chi connectivity index (χ0) is 6.69. The molecule has 0 aliphatic heterocycles. The number of halogens is 1. The molecule has 1 aromatic rings. The fourth-order valence-electron chi connectivity index (χ4n) is 0.724. The summed E-state index contributed by atoms with van der Waals surface area (Å²) in [6, 6.07) is 0. The molecular weight excluding hydrogens is 119 g/mol. The maximum atomic E-state index is 12.4. The molecule has 1 N–H and O–H groups in total. The molecule has 0 aromatic carbocycles. The van der Waals surface area contributed by atoms with Crippen LogP contribution in [-0.4, -0.2) is 10.2 Å². The molecular formula is C6H9FN2. The summed E-state index contributed by atoms with van der Waals surface area (Å²) < 4.78 is 12.4. The Bertz CT molecular complexity index is 183. The van der Waals surface area contributed by atoms with Gasteiger partial charge in [-0.25, -0.2) is 4.39 Å². The highest BCUT2D eigenvalue weighted by atomic mass is 19.1. The van der Waals surface area contributed by atoms with Crippen molar-refractivity contribution in [2.45, 2.75) is 19.8 Å². The summed E-state index contributed by atoms with van der Waals surface area (Å²) in [6.07, 6.45) is 2.88. The fraction of sp³-hybridized carbons (Fsp3) is 0.500. The van der Waals surface area contributed by atoms with Crippen LogP contribution in [0, 0.1) is 5.82 Å². The average molecular weight is 128 g/mol. The minimum atomic E-state index is -0.225. The van der Waals surface area contributed by atoms with Crippen LogP contribution in [-0.2, 0) is 6.42 Å². The molecule has 0 saturated heterocycles. The number of aromatic amines is 1. The van der Waals surface area contributed by atoms with Crippen LogP contribution in [0.25, 0.3) is 0 Å². The molecule has 9 heavy (non-hydrogen) atoms. The van der Waals surface area contributed by atoms with Gasteiger partial charge in [0.2, 0.25) is 0 Å². The minimum Gasteiger partial charge on any atom is -0.280 e. The van der Waals surface area contributed by atoms with E-state index in [0.29, 0.717) is 5.69 Å². The van der Waals surface area contributed by atoms with Gasteiger partial charge in [-0.15, -0.1) is 0 Å². The number of H-pyrrole nitrogens is 1. The minimum absolute atomic E-state index is 0.225. The second kappa shape index (κ2) is 2.62. The molecule has 2 nitrogen and oxygen atoms in total. The molecule has 0 saturated carbocycles. The van der Waals surface area contributed by atoms with Gasteiger partial charge in [-0.3, -0.25) is 5.10 Å². The summed E-state index contributed by atoms with van der Waals surface area (Å²) in [7, 11) is 0. The van der Waals surface area contributed by atoms with Gasteiger partial charge in [-0.2, -0.15) is 5.10 Å². The molecule has 0 bridgehead atoms. The molecule has 0 aliphatic carbocycles. The maximum Gasteiger partial charge on any atom is 0.163 e. The van der Waals surface area contributed by atoms with Crippen molar-refractivity contribution in [3.63, 3.8) is 0 Å². The van der Waals surface area contributed by atoms with Gasteiger partial charge in [-0.05, 0) is 6.42 Å². The van der Waals surface area contributed by atoms with Gasteiger partial charge >= 0.3 is 0 Å². The van der Waals surface area contributed by atoms with Crippen LogP contribution in [0.4, 0.5) is 4.39 Å². The van der Waals surface area contributed by atoms with E-state index in [4.69, 9.17) is 0 Å². The van der Waals surface area contributed by atoms with Gasteiger partial charge in [0.25, 0.3) is 0 Å². The predicted octanol–water partition coefficient (Wildman–Crippen LogP) is 1.50. The Morgan fingerprint density at radius 3 is 3.00 bits per heavy atom. The first-order valence-electron chi connectivity index (χ1n) is 3.02. The number of hydrogen-bond donors (Lipinski definition) is 1. The molecule has 0 aliphatic rings. The van der Waals surface area contributed by atoms with Crippen molar-refractivity contribution >= 4 is 0 Å². The van der Waals surface area contributed by atoms with E-state index in [9.17, 15) is 4.39 Å². The smallest absolute Gasteiger partial charge is 0.163 e. The first kappa shape index (κ1) is 6.26. The van der Waals surface area contributed by atoms with Crippen molar-refractivity contribution in [2.75, 3.05) is 0 Å². The first-order valence-corrected chi connectivity index (χ1v) is 3.02. The lowest BCUT2D eigenvalue weighted by Gasteiger charge is -1.88. The summed E-state index contributed by atoms with van der Waals surface area (Å²) in [6.45, 7) is 2.00. The van der Waals surface area contributed by atoms with Crippen LogP contribution in [0.15, 0.2) is 6.20 Å². The summed E-state index contributed by atoms with van der Waals surface area (Å²) in [4.78, 5) is 0. The molecule has 0 spiro atoms. The molecule has 0 fully saturated rings. The van der Waals surface area contributed by atoms with E-state index in [1.54, 1.807) is 0 Å². The second-order valence-electron chi connectivity index (χ2n) is 1.95. The highest BCUT2D eigenvalue weighted by Gasteiger charge is 1.99. The molecule has 3 heteroatoms. The van der Waals surface area contributed by atoms with Crippen LogP contribution in [0.5, 0.6) is 0 Å². The molecule has 0 amide bonds. The van der Waals surface area contributed by atoms with Crippen LogP contribution in [0.1, 0.15) is 19.0 Å². The van der Waals surface area contributed by atoms with E-state index in [1.165, 1.54) is 6.20 Å². The summed E-state index contributed by atoms with van der Waals surface area (Å²) in [5, 5.41) is 6.12. The first-order chi connectivity index (χ1) is 4.34. The number of rotatable bonds is 2. The Morgan fingerprint density at radius 2 is 2.56 bits per heavy atom. The van der Waals surface area contributed by atoms with E-state index < -0.39 is 0 Å². The zero-order valence-electron chi connectivity index (χ0n) is 5.32. The van der Waals surface area contributed by atoms with Crippen molar-refractivity contribution < 1.29 is 4.39 Å². The van der Waals surface area contributed by atoms with E-state index in [0.717, 1.165) is 12.8 Å². The van der Waals surface area contributed by atoms with E-state index in [1.807, 2.05) is 6.92 Å². The van der Waals surface area contributed by atoms with Crippen molar-refractivity contribution in [1.29, 1.82) is 0 Å². The Labute approximate surface area is 53.1 Å². The Balaban J connectivity index is 2.69. The van der Waals surface area contributed by atoms with Crippen LogP contribution in [0.3, 0.4) is 0 Å². The topological polar surface area (TPSA) is 28.7 Å². The quantitative estimate of drug-likeness (QED) is 0.642. The van der Waals surface area contributed by atoms with Gasteiger partial charge in [-0.1, -0.05) is 13.3 Å². The normalized spacial score (nSPS) is 10.0. The molecule has 50 valence electrons. The van der Waals surface area contributed by atoms with Crippen LogP contribution >= 0.6 is 0 Å². The Hall–Kier alpha value is -0.860. The van der Waals surface area contributed by atoms with Crippen molar-refractivity contribution in [2.24, 2.45) is 0 Å². The van der Waals surface area contributed by atoms with Crippen LogP contribution < -0.4 is 0 Å². The average Bonchev–Trinajstić information content (AvgIpc) is 2.18. The van der Waals surface area contributed by atoms with Crippen molar-refractivity contribution in [1.82, 2.24) is 10.2 Å². The number of aryl methyl sites for hydroxylation is 1. The fourth-order valence-corrected chi connectivity index (χ4v) is 0.724. The molecule has 1 rings (SSSR count). The third-order valence-electron chi connectivity index (χ3n) is 1.17. The number of nitrogens with zero attached hydrogens (tertiary/aromatic N) is 1. The highest BCUT2D eigenvalue weighted by Crippen LogP contribution is 2.02. The molecule has 0 radical (unpaired) electrons. The van der Waals surface area contributed by atoms with E-state index >= 15 is 0 Å². The van der Waals surface area contributed by atoms with Gasteiger partial charge in [0.1, 0.15) is 0 Å². The van der Waals surface area contributed by atoms with Crippen molar-refractivity contribution in [3.05, 3.63) is 17.7 Å². The third-order valence-corrected chi connectivity index (χ3v) is 1.17. The molecule has 0 atom stereocenters. The second-order valence-corrected chi connectivity index (χ2v) is 1.95. The monoisotopic (exact) mass is 128 g/mol. The van der Waals surface area contributed by atoms with Crippen molar-refractivity contribution in [3.8, 4) is 0 Å². The summed E-state index contributed by atoms with van der Waals surface area (Å²) >= 11 is 0. The van der Waals surface area contributed by atoms with E-state index in [2.05, 4.69) is 10.2 Å². The summed E-state index contributed by atoms with van der Waals surface area (Å²) in [5.41, 5.74) is 0.609. The summed E-state index contributed by atoms with van der Waals surface area (Å²) in [5.74, 6) is -0.225. The number of nitrogens with one attached hydrogen (secondary N) is 1. The Morgan fingerprint density at radius 1 is 1.78 bits per heavy atom. The van der Waals surface area contributed by atoms with Crippen LogP contribution in [0.2, 0.25) is 0 Å². The SMILES string of the molecule is CCCc1[nH]ncc1F. The zero-order valence-corrected chi connectivity index (χ0v) is 5.32. The van der Waals surface area contributed by atoms with E-state index in [-0.39, 0.29) is 5.82 Å². The lowest BCUT2D eigenvalue weighted by molar-refractivity contribution is 0.607. The van der Waals surface area contributed by atoms with Gasteiger partial charge in [0.05, 0.1) is 11.9 Å². The molecule has 1 heterocycles. The predicted molar refractivity (Wildman–Crippen MR) is 32.5 cm³/mol. The van der Waals surface area contributed by atoms with Gasteiger partial charge < -0.3 is 0 Å². The van der Waals surface area contributed by atoms with Gasteiger partial charge in [0.15, 0.2) is 5.82 Å². The van der Waals surface area contributed by atoms with Gasteiger partial charge in [0, 0.05) is 0 Å². The number of aromatic nitrogens is 2. The molecule has 1 aromatic heterocycles. The maximum absolute atomic E-state index is 12.4. The lowest BCUT2D eigenvalue weighted by atomic mass is 10.2. The highest BCUT2D eigenvalue weighted by molar-refractivity contribution is 5.00. The lowest BCUT2D eigenvalue weighted by Crippen LogP contribution is -1.85.